The van der Waals surface area contributed by atoms with Gasteiger partial charge < -0.3 is 14.6 Å². The molecule has 3 saturated heterocycles. The molecule has 7 heteroatoms. The summed E-state index contributed by atoms with van der Waals surface area (Å²) in [6.45, 7) is 7.11. The number of rotatable bonds is 0. The molecule has 25 heavy (non-hydrogen) atoms. The molecule has 3 aliphatic heterocycles. The van der Waals surface area contributed by atoms with Gasteiger partial charge >= 0.3 is 11.9 Å². The Morgan fingerprint density at radius 1 is 1.28 bits per heavy atom. The zero-order chi connectivity index (χ0) is 17.5. The number of aliphatic hydroxyl groups is 1. The molecule has 0 aromatic carbocycles. The number of carbonyl (C=O) groups excluding carboxylic acids is 2. The van der Waals surface area contributed by atoms with Gasteiger partial charge in [-0.2, -0.15) is 0 Å². The molecule has 0 unspecified atom stereocenters. The van der Waals surface area contributed by atoms with Crippen LogP contribution in [0.25, 0.3) is 0 Å². The van der Waals surface area contributed by atoms with Crippen molar-refractivity contribution in [1.29, 1.82) is 0 Å². The Bertz CT molecular complexity index is 562. The molecule has 0 aromatic heterocycles. The summed E-state index contributed by atoms with van der Waals surface area (Å²) in [5, 5.41) is 10.6. The van der Waals surface area contributed by atoms with Gasteiger partial charge in [0.15, 0.2) is 5.60 Å². The van der Waals surface area contributed by atoms with Crippen LogP contribution in [0, 0.1) is 11.8 Å². The van der Waals surface area contributed by atoms with Crippen LogP contribution in [0.3, 0.4) is 0 Å². The van der Waals surface area contributed by atoms with Gasteiger partial charge in [0.25, 0.3) is 0 Å². The van der Waals surface area contributed by atoms with Crippen LogP contribution in [0.1, 0.15) is 40.0 Å². The number of esters is 2. The van der Waals surface area contributed by atoms with Gasteiger partial charge in [-0.15, -0.1) is 12.4 Å². The zero-order valence-electron chi connectivity index (χ0n) is 15.1. The Hall–Kier alpha value is -1.11. The van der Waals surface area contributed by atoms with Gasteiger partial charge in [0.1, 0.15) is 6.10 Å². The van der Waals surface area contributed by atoms with Gasteiger partial charge in [-0.3, -0.25) is 4.90 Å². The van der Waals surface area contributed by atoms with Crippen LogP contribution in [0.15, 0.2) is 11.6 Å². The highest BCUT2D eigenvalue weighted by Crippen LogP contribution is 2.36. The van der Waals surface area contributed by atoms with Crippen LogP contribution in [-0.2, 0) is 19.1 Å². The average Bonchev–Trinajstić information content (AvgIpc) is 3.12. The minimum atomic E-state index is -1.62. The second kappa shape index (κ2) is 7.64. The van der Waals surface area contributed by atoms with E-state index in [2.05, 4.69) is 4.90 Å². The minimum Gasteiger partial charge on any atom is -0.463 e. The standard InChI is InChI=1S/C18H27NO5.ClH/c1-4-12-9-11(2)18(3,22)17(21)23-10-13-5-7-19-8-6-14(15(13)19)24-16(12)20;/h4,11,13-15,22H,5-10H2,1-3H3;1H/b12-4-;/t11-,13-,14-,15-,18-;/m1./s1. The van der Waals surface area contributed by atoms with Crippen LogP contribution in [0.4, 0.5) is 0 Å². The Morgan fingerprint density at radius 2 is 1.96 bits per heavy atom. The molecule has 0 aliphatic carbocycles. The van der Waals surface area contributed by atoms with E-state index in [9.17, 15) is 14.7 Å². The van der Waals surface area contributed by atoms with E-state index in [1.807, 2.05) is 0 Å². The molecular formula is C18H28ClNO5. The molecule has 6 nitrogen and oxygen atoms in total. The molecule has 0 aromatic rings. The third-order valence-electron chi connectivity index (χ3n) is 5.97. The SMILES string of the molecule is C/C=C1/C[C@@H](C)[C@@](C)(O)C(=O)OC[C@H]2CCN3CC[C@@H](OC1=O)[C@@H]23.Cl. The lowest BCUT2D eigenvalue weighted by molar-refractivity contribution is -0.172. The third kappa shape index (κ3) is 3.71. The van der Waals surface area contributed by atoms with E-state index in [4.69, 9.17) is 9.47 Å². The first-order valence-electron chi connectivity index (χ1n) is 8.84. The van der Waals surface area contributed by atoms with E-state index in [0.29, 0.717) is 5.57 Å². The van der Waals surface area contributed by atoms with Crippen LogP contribution >= 0.6 is 12.4 Å². The summed E-state index contributed by atoms with van der Waals surface area (Å²) < 4.78 is 11.3. The highest BCUT2D eigenvalue weighted by molar-refractivity contribution is 5.89. The molecule has 5 atom stereocenters. The van der Waals surface area contributed by atoms with E-state index in [-0.39, 0.29) is 49.5 Å². The molecule has 0 amide bonds. The summed E-state index contributed by atoms with van der Waals surface area (Å²) in [4.78, 5) is 27.3. The van der Waals surface area contributed by atoms with Gasteiger partial charge in [-0.25, -0.2) is 9.59 Å². The van der Waals surface area contributed by atoms with Crippen molar-refractivity contribution in [1.82, 2.24) is 4.90 Å². The maximum atomic E-state index is 12.6. The van der Waals surface area contributed by atoms with Crippen molar-refractivity contribution >= 4 is 24.3 Å². The van der Waals surface area contributed by atoms with Crippen LogP contribution < -0.4 is 0 Å². The average molecular weight is 374 g/mol. The summed E-state index contributed by atoms with van der Waals surface area (Å²) in [5.74, 6) is -1.23. The lowest BCUT2D eigenvalue weighted by Crippen LogP contribution is -2.46. The summed E-state index contributed by atoms with van der Waals surface area (Å²) in [6.07, 6.45) is 3.59. The predicted octanol–water partition coefficient (Wildman–Crippen LogP) is 1.69. The number of ether oxygens (including phenoxy) is 2. The molecular weight excluding hydrogens is 346 g/mol. The Labute approximate surface area is 154 Å². The Kier molecular flexibility index (Phi) is 6.17. The predicted molar refractivity (Wildman–Crippen MR) is 94.3 cm³/mol. The zero-order valence-corrected chi connectivity index (χ0v) is 15.9. The fourth-order valence-corrected chi connectivity index (χ4v) is 4.11. The topological polar surface area (TPSA) is 76.1 Å². The van der Waals surface area contributed by atoms with Crippen LogP contribution in [0.5, 0.6) is 0 Å². The number of halogens is 1. The first kappa shape index (κ1) is 20.2. The Balaban J connectivity index is 0.00000225. The Morgan fingerprint density at radius 3 is 2.64 bits per heavy atom. The largest absolute Gasteiger partial charge is 0.463 e. The smallest absolute Gasteiger partial charge is 0.338 e. The number of carbonyl (C=O) groups is 2. The van der Waals surface area contributed by atoms with Gasteiger partial charge in [-0.1, -0.05) is 13.0 Å². The molecule has 0 radical (unpaired) electrons. The van der Waals surface area contributed by atoms with Gasteiger partial charge in [0.05, 0.1) is 12.6 Å². The van der Waals surface area contributed by atoms with E-state index in [1.165, 1.54) is 6.92 Å². The highest BCUT2D eigenvalue weighted by atomic mass is 35.5. The molecule has 142 valence electrons. The molecule has 3 rings (SSSR count). The lowest BCUT2D eigenvalue weighted by Gasteiger charge is -2.32. The van der Waals surface area contributed by atoms with Crippen molar-refractivity contribution in [3.05, 3.63) is 11.6 Å². The van der Waals surface area contributed by atoms with E-state index in [0.717, 1.165) is 25.9 Å². The van der Waals surface area contributed by atoms with Crippen LogP contribution in [-0.4, -0.2) is 59.4 Å². The van der Waals surface area contributed by atoms with Crippen molar-refractivity contribution < 1.29 is 24.2 Å². The maximum absolute atomic E-state index is 12.6. The number of cyclic esters (lactones) is 1. The molecule has 0 spiro atoms. The van der Waals surface area contributed by atoms with Gasteiger partial charge in [0, 0.05) is 18.0 Å². The monoisotopic (exact) mass is 373 g/mol. The summed E-state index contributed by atoms with van der Waals surface area (Å²) in [5.41, 5.74) is -1.12. The quantitative estimate of drug-likeness (QED) is 0.514. The van der Waals surface area contributed by atoms with Crippen molar-refractivity contribution in [3.63, 3.8) is 0 Å². The van der Waals surface area contributed by atoms with Gasteiger partial charge in [0.2, 0.25) is 0 Å². The first-order valence-corrected chi connectivity index (χ1v) is 8.84. The number of allylic oxidation sites excluding steroid dienone is 1. The fraction of sp³-hybridized carbons (Fsp3) is 0.778. The van der Waals surface area contributed by atoms with Crippen LogP contribution in [0.2, 0.25) is 0 Å². The van der Waals surface area contributed by atoms with Crippen molar-refractivity contribution in [3.8, 4) is 0 Å². The second-order valence-corrected chi connectivity index (χ2v) is 7.47. The highest BCUT2D eigenvalue weighted by Gasteiger charge is 2.48. The first-order chi connectivity index (χ1) is 11.3. The summed E-state index contributed by atoms with van der Waals surface area (Å²) >= 11 is 0. The van der Waals surface area contributed by atoms with Crippen molar-refractivity contribution in [2.45, 2.75) is 57.8 Å². The fourth-order valence-electron chi connectivity index (χ4n) is 4.11. The van der Waals surface area contributed by atoms with E-state index >= 15 is 0 Å². The van der Waals surface area contributed by atoms with Crippen molar-refractivity contribution in [2.24, 2.45) is 11.8 Å². The molecule has 3 heterocycles. The van der Waals surface area contributed by atoms with Gasteiger partial charge in [-0.05, 0) is 45.6 Å². The second-order valence-electron chi connectivity index (χ2n) is 7.47. The summed E-state index contributed by atoms with van der Waals surface area (Å²) in [7, 11) is 0. The molecule has 3 fully saturated rings. The number of hydrogen-bond donors (Lipinski definition) is 1. The number of nitrogens with zero attached hydrogens (tertiary/aromatic N) is 1. The molecule has 1 N–H and O–H groups in total. The van der Waals surface area contributed by atoms with E-state index in [1.54, 1.807) is 19.9 Å². The number of hydrogen-bond acceptors (Lipinski definition) is 6. The minimum absolute atomic E-state index is 0. The molecule has 3 aliphatic rings. The normalized spacial score (nSPS) is 41.2. The lowest BCUT2D eigenvalue weighted by atomic mass is 9.85. The molecule has 0 bridgehead atoms. The molecule has 0 saturated carbocycles. The maximum Gasteiger partial charge on any atom is 0.338 e. The van der Waals surface area contributed by atoms with E-state index < -0.39 is 17.5 Å². The van der Waals surface area contributed by atoms with Crippen molar-refractivity contribution in [2.75, 3.05) is 19.7 Å². The summed E-state index contributed by atoms with van der Waals surface area (Å²) in [6, 6.07) is 0.113. The third-order valence-corrected chi connectivity index (χ3v) is 5.97.